The van der Waals surface area contributed by atoms with Crippen LogP contribution < -0.4 is 0 Å². The third kappa shape index (κ3) is 4.07. The molecule has 1 aromatic carbocycles. The van der Waals surface area contributed by atoms with Gasteiger partial charge < -0.3 is 14.4 Å². The number of benzene rings is 1. The number of aliphatic hydroxyl groups is 1. The minimum absolute atomic E-state index is 0.396. The molecule has 184 valence electrons. The highest BCUT2D eigenvalue weighted by molar-refractivity contribution is 6.07. The third-order valence-corrected chi connectivity index (χ3v) is 8.15. The van der Waals surface area contributed by atoms with Gasteiger partial charge >= 0.3 is 0 Å². The van der Waals surface area contributed by atoms with Gasteiger partial charge in [0.2, 0.25) is 0 Å². The molecule has 1 unspecified atom stereocenters. The molecule has 0 bridgehead atoms. The smallest absolute Gasteiger partial charge is 0.0960 e. The third-order valence-electron chi connectivity index (χ3n) is 8.15. The summed E-state index contributed by atoms with van der Waals surface area (Å²) in [6.45, 7) is 7.52. The maximum Gasteiger partial charge on any atom is 0.0960 e. The van der Waals surface area contributed by atoms with Crippen molar-refractivity contribution in [1.82, 2.24) is 19.3 Å². The van der Waals surface area contributed by atoms with Crippen LogP contribution in [0.2, 0.25) is 0 Å². The van der Waals surface area contributed by atoms with Crippen molar-refractivity contribution in [3.05, 3.63) is 47.8 Å². The van der Waals surface area contributed by atoms with Gasteiger partial charge in [-0.1, -0.05) is 25.0 Å². The van der Waals surface area contributed by atoms with E-state index in [-0.39, 0.29) is 0 Å². The Labute approximate surface area is 206 Å². The molecule has 3 aromatic heterocycles. The largest absolute Gasteiger partial charge is 0.386 e. The molecule has 4 heterocycles. The Bertz CT molecular complexity index is 1360. The second kappa shape index (κ2) is 8.45. The molecule has 1 aliphatic carbocycles. The maximum atomic E-state index is 10.8. The van der Waals surface area contributed by atoms with Crippen molar-refractivity contribution < 1.29 is 9.84 Å². The standard InChI is InChI=1S/C29H36N4O2/c1-18-16-31-32(4)28(18)21-14-26-27(30-17-21)23-8-7-22(29(2,3)34)15-25(23)33(26)24(13-19-5-6-19)20-9-11-35-12-10-20/h7-8,14-17,19-20,24,34H,5-6,9-13H2,1-4H3. The molecule has 6 rings (SSSR count). The van der Waals surface area contributed by atoms with Crippen LogP contribution in [-0.2, 0) is 17.4 Å². The van der Waals surface area contributed by atoms with Crippen molar-refractivity contribution in [1.29, 1.82) is 0 Å². The molecule has 4 aromatic rings. The highest BCUT2D eigenvalue weighted by Crippen LogP contribution is 2.45. The van der Waals surface area contributed by atoms with Crippen molar-refractivity contribution in [2.75, 3.05) is 13.2 Å². The van der Waals surface area contributed by atoms with Crippen LogP contribution in [0, 0.1) is 18.8 Å². The van der Waals surface area contributed by atoms with E-state index in [1.54, 1.807) is 0 Å². The van der Waals surface area contributed by atoms with Gasteiger partial charge in [-0.25, -0.2) is 0 Å². The molecule has 6 nitrogen and oxygen atoms in total. The number of aryl methyl sites for hydroxylation is 2. The van der Waals surface area contributed by atoms with E-state index in [1.165, 1.54) is 30.3 Å². The van der Waals surface area contributed by atoms with E-state index in [9.17, 15) is 5.11 Å². The first-order chi connectivity index (χ1) is 16.8. The van der Waals surface area contributed by atoms with E-state index in [4.69, 9.17) is 9.72 Å². The van der Waals surface area contributed by atoms with Crippen LogP contribution in [0.25, 0.3) is 33.2 Å². The van der Waals surface area contributed by atoms with Crippen molar-refractivity contribution in [2.24, 2.45) is 18.9 Å². The maximum absolute atomic E-state index is 10.8. The van der Waals surface area contributed by atoms with Gasteiger partial charge in [0, 0.05) is 43.4 Å². The molecule has 1 atom stereocenters. The second-order valence-corrected chi connectivity index (χ2v) is 11.2. The molecule has 1 saturated carbocycles. The molecule has 1 N–H and O–H groups in total. The molecular formula is C29H36N4O2. The highest BCUT2D eigenvalue weighted by Gasteiger charge is 2.34. The number of hydrogen-bond acceptors (Lipinski definition) is 4. The van der Waals surface area contributed by atoms with Gasteiger partial charge in [0.1, 0.15) is 0 Å². The lowest BCUT2D eigenvalue weighted by molar-refractivity contribution is 0.0474. The van der Waals surface area contributed by atoms with Crippen LogP contribution in [0.1, 0.15) is 63.1 Å². The van der Waals surface area contributed by atoms with Gasteiger partial charge in [-0.2, -0.15) is 5.10 Å². The second-order valence-electron chi connectivity index (χ2n) is 11.2. The van der Waals surface area contributed by atoms with E-state index < -0.39 is 5.60 Å². The lowest BCUT2D eigenvalue weighted by atomic mass is 9.87. The molecular weight excluding hydrogens is 436 g/mol. The van der Waals surface area contributed by atoms with Crippen molar-refractivity contribution >= 4 is 21.9 Å². The zero-order valence-corrected chi connectivity index (χ0v) is 21.3. The predicted molar refractivity (Wildman–Crippen MR) is 139 cm³/mol. The van der Waals surface area contributed by atoms with Gasteiger partial charge in [0.05, 0.1) is 34.0 Å². The summed E-state index contributed by atoms with van der Waals surface area (Å²) in [5.74, 6) is 1.39. The average Bonchev–Trinajstić information content (AvgIpc) is 3.53. The molecule has 0 radical (unpaired) electrons. The van der Waals surface area contributed by atoms with E-state index in [2.05, 4.69) is 40.9 Å². The van der Waals surface area contributed by atoms with Gasteiger partial charge in [-0.05, 0) is 75.1 Å². The Balaban J connectivity index is 1.62. The lowest BCUT2D eigenvalue weighted by Gasteiger charge is -2.33. The van der Waals surface area contributed by atoms with Gasteiger partial charge in [0.25, 0.3) is 0 Å². The summed E-state index contributed by atoms with van der Waals surface area (Å²) in [5.41, 5.74) is 6.81. The minimum atomic E-state index is -0.898. The number of fused-ring (bicyclic) bond motifs is 3. The van der Waals surface area contributed by atoms with Crippen LogP contribution >= 0.6 is 0 Å². The van der Waals surface area contributed by atoms with E-state index >= 15 is 0 Å². The fraction of sp³-hybridized carbons (Fsp3) is 0.517. The Hall–Kier alpha value is -2.70. The first-order valence-corrected chi connectivity index (χ1v) is 13.0. The van der Waals surface area contributed by atoms with E-state index in [0.29, 0.717) is 12.0 Å². The first-order valence-electron chi connectivity index (χ1n) is 13.0. The van der Waals surface area contributed by atoms with Gasteiger partial charge in [-0.15, -0.1) is 0 Å². The number of rotatable bonds is 6. The van der Waals surface area contributed by atoms with Gasteiger partial charge in [-0.3, -0.25) is 9.67 Å². The number of nitrogens with zero attached hydrogens (tertiary/aromatic N) is 4. The molecule has 2 fully saturated rings. The Morgan fingerprint density at radius 1 is 1.09 bits per heavy atom. The molecule has 35 heavy (non-hydrogen) atoms. The predicted octanol–water partition coefficient (Wildman–Crippen LogP) is 5.89. The summed E-state index contributed by atoms with van der Waals surface area (Å²) in [4.78, 5) is 5.03. The summed E-state index contributed by atoms with van der Waals surface area (Å²) in [5, 5.41) is 16.5. The van der Waals surface area contributed by atoms with E-state index in [1.807, 2.05) is 38.0 Å². The van der Waals surface area contributed by atoms with E-state index in [0.717, 1.165) is 65.3 Å². The monoisotopic (exact) mass is 472 g/mol. The first kappa shape index (κ1) is 22.7. The van der Waals surface area contributed by atoms with Crippen molar-refractivity contribution in [3.8, 4) is 11.3 Å². The summed E-state index contributed by atoms with van der Waals surface area (Å²) in [6, 6.07) is 9.12. The molecule has 0 amide bonds. The summed E-state index contributed by atoms with van der Waals surface area (Å²) >= 11 is 0. The Morgan fingerprint density at radius 3 is 2.51 bits per heavy atom. The molecule has 1 aliphatic heterocycles. The number of pyridine rings is 1. The quantitative estimate of drug-likeness (QED) is 0.380. The molecule has 2 aliphatic rings. The van der Waals surface area contributed by atoms with Crippen LogP contribution in [0.3, 0.4) is 0 Å². The number of hydrogen-bond donors (Lipinski definition) is 1. The molecule has 6 heteroatoms. The van der Waals surface area contributed by atoms with Crippen LogP contribution in [0.5, 0.6) is 0 Å². The zero-order valence-electron chi connectivity index (χ0n) is 21.3. The summed E-state index contributed by atoms with van der Waals surface area (Å²) < 4.78 is 10.3. The molecule has 0 spiro atoms. The molecule has 1 saturated heterocycles. The van der Waals surface area contributed by atoms with Gasteiger partial charge in [0.15, 0.2) is 0 Å². The fourth-order valence-corrected chi connectivity index (χ4v) is 6.04. The summed E-state index contributed by atoms with van der Waals surface area (Å²) in [6.07, 6.45) is 9.97. The highest BCUT2D eigenvalue weighted by atomic mass is 16.5. The zero-order chi connectivity index (χ0) is 24.3. The average molecular weight is 473 g/mol. The van der Waals surface area contributed by atoms with Crippen molar-refractivity contribution in [3.63, 3.8) is 0 Å². The lowest BCUT2D eigenvalue weighted by Crippen LogP contribution is -2.26. The number of ether oxygens (including phenoxy) is 1. The normalized spacial score (nSPS) is 18.5. The van der Waals surface area contributed by atoms with Crippen LogP contribution in [0.15, 0.2) is 36.7 Å². The Morgan fingerprint density at radius 2 is 1.86 bits per heavy atom. The fourth-order valence-electron chi connectivity index (χ4n) is 6.04. The van der Waals surface area contributed by atoms with Crippen molar-refractivity contribution in [2.45, 2.75) is 64.5 Å². The number of aromatic nitrogens is 4. The van der Waals surface area contributed by atoms with Crippen LogP contribution in [0.4, 0.5) is 0 Å². The minimum Gasteiger partial charge on any atom is -0.386 e. The SMILES string of the molecule is Cc1cnn(C)c1-c1cnc2c3ccc(C(C)(C)O)cc3n(C(CC3CC3)C3CCOCC3)c2c1. The summed E-state index contributed by atoms with van der Waals surface area (Å²) in [7, 11) is 2.00. The van der Waals surface area contributed by atoms with Crippen LogP contribution in [-0.4, -0.2) is 37.7 Å². The topological polar surface area (TPSA) is 65.1 Å². The Kier molecular flexibility index (Phi) is 5.49.